The molecule has 1 aromatic heterocycles. The van der Waals surface area contributed by atoms with Gasteiger partial charge in [-0.25, -0.2) is 0 Å². The Morgan fingerprint density at radius 2 is 2.22 bits per heavy atom. The van der Waals surface area contributed by atoms with E-state index in [-0.39, 0.29) is 0 Å². The van der Waals surface area contributed by atoms with Gasteiger partial charge in [-0.3, -0.25) is 4.68 Å². The first-order chi connectivity index (χ1) is 8.61. The van der Waals surface area contributed by atoms with Crippen LogP contribution in [0.2, 0.25) is 0 Å². The van der Waals surface area contributed by atoms with Crippen LogP contribution in [-0.2, 0) is 13.5 Å². The van der Waals surface area contributed by atoms with Crippen LogP contribution in [0.4, 0.5) is 0 Å². The highest BCUT2D eigenvalue weighted by Crippen LogP contribution is 2.25. The normalized spacial score (nSPS) is 26.2. The van der Waals surface area contributed by atoms with Crippen LogP contribution in [0.25, 0.3) is 0 Å². The lowest BCUT2D eigenvalue weighted by molar-refractivity contribution is 0.0248. The van der Waals surface area contributed by atoms with Gasteiger partial charge in [0.05, 0.1) is 11.3 Å². The average molecular weight is 252 g/mol. The highest BCUT2D eigenvalue weighted by Gasteiger charge is 2.31. The van der Waals surface area contributed by atoms with E-state index in [1.807, 2.05) is 13.2 Å². The minimum atomic E-state index is -0.599. The molecule has 1 unspecified atom stereocenters. The van der Waals surface area contributed by atoms with E-state index in [9.17, 15) is 5.11 Å². The Hall–Kier alpha value is -0.940. The van der Waals surface area contributed by atoms with Crippen LogP contribution in [0.15, 0.2) is 6.20 Å². The van der Waals surface area contributed by atoms with Crippen LogP contribution >= 0.6 is 0 Å². The largest absolute Gasteiger partial charge is 0.389 e. The van der Waals surface area contributed by atoms with Gasteiger partial charge in [-0.15, -0.1) is 5.10 Å². The van der Waals surface area contributed by atoms with Crippen molar-refractivity contribution < 1.29 is 5.11 Å². The Kier molecular flexibility index (Phi) is 4.35. The minimum absolute atomic E-state index is 0.599. The molecule has 18 heavy (non-hydrogen) atoms. The lowest BCUT2D eigenvalue weighted by Crippen LogP contribution is -2.33. The van der Waals surface area contributed by atoms with Crippen LogP contribution in [0.5, 0.6) is 0 Å². The molecule has 1 fully saturated rings. The molecule has 5 heteroatoms. The van der Waals surface area contributed by atoms with Crippen LogP contribution < -0.4 is 0 Å². The number of hydrogen-bond donors (Lipinski definition) is 1. The molecule has 0 spiro atoms. The van der Waals surface area contributed by atoms with Crippen LogP contribution in [-0.4, -0.2) is 50.2 Å². The van der Waals surface area contributed by atoms with Gasteiger partial charge in [0.15, 0.2) is 0 Å². The van der Waals surface area contributed by atoms with Gasteiger partial charge >= 0.3 is 0 Å². The second-order valence-corrected chi connectivity index (χ2v) is 5.48. The molecular formula is C13H24N4O. The number of rotatable bonds is 4. The van der Waals surface area contributed by atoms with Gasteiger partial charge in [0.1, 0.15) is 0 Å². The molecule has 1 atom stereocenters. The van der Waals surface area contributed by atoms with Gasteiger partial charge < -0.3 is 10.0 Å². The van der Waals surface area contributed by atoms with Crippen LogP contribution in [0.3, 0.4) is 0 Å². The van der Waals surface area contributed by atoms with E-state index in [1.54, 1.807) is 4.68 Å². The summed E-state index contributed by atoms with van der Waals surface area (Å²) in [6, 6.07) is 0. The SMILES string of the molecule is CCCN1CCCC(O)(Cc2cn(C)nn2)CC1. The van der Waals surface area contributed by atoms with Crippen molar-refractivity contribution in [1.29, 1.82) is 0 Å². The van der Waals surface area contributed by atoms with E-state index < -0.39 is 5.60 Å². The molecule has 102 valence electrons. The third-order valence-corrected chi connectivity index (χ3v) is 3.71. The molecule has 0 bridgehead atoms. The summed E-state index contributed by atoms with van der Waals surface area (Å²) in [5.41, 5.74) is 0.294. The second kappa shape index (κ2) is 5.80. The third kappa shape index (κ3) is 3.53. The molecule has 0 aromatic carbocycles. The molecule has 2 heterocycles. The third-order valence-electron chi connectivity index (χ3n) is 3.71. The fourth-order valence-electron chi connectivity index (χ4n) is 2.76. The van der Waals surface area contributed by atoms with Crippen molar-refractivity contribution in [2.45, 2.75) is 44.6 Å². The highest BCUT2D eigenvalue weighted by molar-refractivity contribution is 5.00. The molecule has 5 nitrogen and oxygen atoms in total. The van der Waals surface area contributed by atoms with Crippen molar-refractivity contribution in [1.82, 2.24) is 19.9 Å². The lowest BCUT2D eigenvalue weighted by Gasteiger charge is -2.26. The van der Waals surface area contributed by atoms with Crippen molar-refractivity contribution >= 4 is 0 Å². The molecule has 0 saturated carbocycles. The zero-order chi connectivity index (χ0) is 13.0. The molecular weight excluding hydrogens is 228 g/mol. The van der Waals surface area contributed by atoms with E-state index >= 15 is 0 Å². The van der Waals surface area contributed by atoms with Gasteiger partial charge in [-0.1, -0.05) is 12.1 Å². The van der Waals surface area contributed by atoms with Crippen molar-refractivity contribution in [3.05, 3.63) is 11.9 Å². The zero-order valence-corrected chi connectivity index (χ0v) is 11.5. The Morgan fingerprint density at radius 3 is 2.89 bits per heavy atom. The molecule has 2 rings (SSSR count). The Morgan fingerprint density at radius 1 is 1.39 bits per heavy atom. The number of aromatic nitrogens is 3. The number of likely N-dealkylation sites (tertiary alicyclic amines) is 1. The van der Waals surface area contributed by atoms with E-state index in [0.29, 0.717) is 6.42 Å². The quantitative estimate of drug-likeness (QED) is 0.868. The topological polar surface area (TPSA) is 54.2 Å². The maximum Gasteiger partial charge on any atom is 0.0855 e. The molecule has 0 radical (unpaired) electrons. The summed E-state index contributed by atoms with van der Waals surface area (Å²) >= 11 is 0. The first-order valence-corrected chi connectivity index (χ1v) is 6.91. The van der Waals surface area contributed by atoms with Gasteiger partial charge in [-0.2, -0.15) is 0 Å². The summed E-state index contributed by atoms with van der Waals surface area (Å²) in [5.74, 6) is 0. The van der Waals surface area contributed by atoms with Crippen molar-refractivity contribution in [2.24, 2.45) is 7.05 Å². The van der Waals surface area contributed by atoms with Gasteiger partial charge in [0, 0.05) is 26.2 Å². The predicted molar refractivity (Wildman–Crippen MR) is 70.2 cm³/mol. The molecule has 1 aromatic rings. The number of nitrogens with zero attached hydrogens (tertiary/aromatic N) is 4. The molecule has 0 amide bonds. The van der Waals surface area contributed by atoms with E-state index in [4.69, 9.17) is 0 Å². The van der Waals surface area contributed by atoms with Gasteiger partial charge in [0.25, 0.3) is 0 Å². The van der Waals surface area contributed by atoms with Crippen molar-refractivity contribution in [3.8, 4) is 0 Å². The Bertz CT molecular complexity index is 379. The van der Waals surface area contributed by atoms with Crippen LogP contribution in [0.1, 0.15) is 38.3 Å². The van der Waals surface area contributed by atoms with Gasteiger partial charge in [0.2, 0.25) is 0 Å². The highest BCUT2D eigenvalue weighted by atomic mass is 16.3. The zero-order valence-electron chi connectivity index (χ0n) is 11.5. The maximum absolute atomic E-state index is 10.7. The fourth-order valence-corrected chi connectivity index (χ4v) is 2.76. The van der Waals surface area contributed by atoms with Crippen molar-refractivity contribution in [2.75, 3.05) is 19.6 Å². The second-order valence-electron chi connectivity index (χ2n) is 5.48. The summed E-state index contributed by atoms with van der Waals surface area (Å²) in [6.07, 6.45) is 6.47. The van der Waals surface area contributed by atoms with Crippen molar-refractivity contribution in [3.63, 3.8) is 0 Å². The first-order valence-electron chi connectivity index (χ1n) is 6.91. The Labute approximate surface area is 109 Å². The van der Waals surface area contributed by atoms with Gasteiger partial charge in [-0.05, 0) is 38.8 Å². The minimum Gasteiger partial charge on any atom is -0.389 e. The van der Waals surface area contributed by atoms with E-state index in [0.717, 1.165) is 44.6 Å². The predicted octanol–water partition coefficient (Wildman–Crippen LogP) is 0.985. The monoisotopic (exact) mass is 252 g/mol. The van der Waals surface area contributed by atoms with Crippen LogP contribution in [0, 0.1) is 0 Å². The Balaban J connectivity index is 1.94. The standard InChI is InChI=1S/C13H24N4O/c1-3-7-17-8-4-5-13(18,6-9-17)10-12-11-16(2)15-14-12/h11,18H,3-10H2,1-2H3. The molecule has 1 aliphatic rings. The fraction of sp³-hybridized carbons (Fsp3) is 0.846. The summed E-state index contributed by atoms with van der Waals surface area (Å²) in [7, 11) is 1.86. The molecule has 1 saturated heterocycles. The average Bonchev–Trinajstić information content (AvgIpc) is 2.62. The molecule has 0 aliphatic carbocycles. The summed E-state index contributed by atoms with van der Waals surface area (Å²) in [5, 5.41) is 18.7. The maximum atomic E-state index is 10.7. The molecule has 1 N–H and O–H groups in total. The lowest BCUT2D eigenvalue weighted by atomic mass is 9.90. The summed E-state index contributed by atoms with van der Waals surface area (Å²) < 4.78 is 1.69. The summed E-state index contributed by atoms with van der Waals surface area (Å²) in [6.45, 7) is 5.44. The first kappa shape index (κ1) is 13.5. The molecule has 1 aliphatic heterocycles. The van der Waals surface area contributed by atoms with E-state index in [2.05, 4.69) is 22.1 Å². The van der Waals surface area contributed by atoms with E-state index in [1.165, 1.54) is 6.42 Å². The number of aryl methyl sites for hydroxylation is 1. The number of aliphatic hydroxyl groups is 1. The smallest absolute Gasteiger partial charge is 0.0855 e. The number of hydrogen-bond acceptors (Lipinski definition) is 4. The summed E-state index contributed by atoms with van der Waals surface area (Å²) in [4.78, 5) is 2.45.